The van der Waals surface area contributed by atoms with E-state index in [4.69, 9.17) is 9.47 Å². The molecule has 2 amide bonds. The molecule has 0 atom stereocenters. The van der Waals surface area contributed by atoms with Gasteiger partial charge in [0.15, 0.2) is 5.96 Å². The van der Waals surface area contributed by atoms with Crippen LogP contribution in [-0.4, -0.2) is 92.9 Å². The lowest BCUT2D eigenvalue weighted by molar-refractivity contribution is -0.127. The summed E-state index contributed by atoms with van der Waals surface area (Å²) in [6, 6.07) is 0. The number of aliphatic imine (C=N–C) groups is 1. The number of likely N-dealkylation sites (tertiary alicyclic amines) is 1. The third kappa shape index (κ3) is 13.5. The zero-order valence-corrected chi connectivity index (χ0v) is 21.9. The van der Waals surface area contributed by atoms with E-state index in [2.05, 4.69) is 27.1 Å². The van der Waals surface area contributed by atoms with Gasteiger partial charge in [-0.3, -0.25) is 4.79 Å². The molecule has 0 bridgehead atoms. The van der Waals surface area contributed by atoms with Crippen LogP contribution in [0.3, 0.4) is 0 Å². The van der Waals surface area contributed by atoms with Gasteiger partial charge in [-0.05, 0) is 40.0 Å². The van der Waals surface area contributed by atoms with Crippen molar-refractivity contribution in [2.45, 2.75) is 51.7 Å². The summed E-state index contributed by atoms with van der Waals surface area (Å²) in [5.41, 5.74) is -0.489. The van der Waals surface area contributed by atoms with Gasteiger partial charge < -0.3 is 29.9 Å². The van der Waals surface area contributed by atoms with Crippen LogP contribution in [0.15, 0.2) is 17.6 Å². The molecule has 1 rings (SSSR count). The summed E-state index contributed by atoms with van der Waals surface area (Å²) in [5.74, 6) is 0.691. The number of halogens is 1. The lowest BCUT2D eigenvalue weighted by Gasteiger charge is -2.34. The summed E-state index contributed by atoms with van der Waals surface area (Å²) in [6.45, 7) is 12.7. The Kier molecular flexibility index (Phi) is 14.5. The maximum Gasteiger partial charge on any atom is 0.407 e. The summed E-state index contributed by atoms with van der Waals surface area (Å²) in [6.07, 6.45) is 4.06. The van der Waals surface area contributed by atoms with Gasteiger partial charge in [0.25, 0.3) is 0 Å². The normalized spacial score (nSPS) is 15.0. The zero-order valence-electron chi connectivity index (χ0n) is 19.6. The molecule has 1 aliphatic heterocycles. The number of hydrogen-bond acceptors (Lipinski definition) is 5. The number of carbonyl (C=O) groups is 2. The molecule has 0 spiro atoms. The van der Waals surface area contributed by atoms with E-state index >= 15 is 0 Å². The predicted molar refractivity (Wildman–Crippen MR) is 134 cm³/mol. The zero-order chi connectivity index (χ0) is 22.6. The number of nitrogens with zero attached hydrogens (tertiary/aromatic N) is 3. The molecule has 10 heteroatoms. The van der Waals surface area contributed by atoms with Crippen LogP contribution in [0.5, 0.6) is 0 Å². The van der Waals surface area contributed by atoms with Crippen LogP contribution < -0.4 is 10.6 Å². The highest BCUT2D eigenvalue weighted by molar-refractivity contribution is 14.0. The van der Waals surface area contributed by atoms with Crippen LogP contribution in [0.2, 0.25) is 0 Å². The Morgan fingerprint density at radius 2 is 1.87 bits per heavy atom. The minimum Gasteiger partial charge on any atom is -0.444 e. The fourth-order valence-corrected chi connectivity index (χ4v) is 2.78. The minimum atomic E-state index is -0.489. The van der Waals surface area contributed by atoms with Crippen LogP contribution in [0.25, 0.3) is 0 Å². The highest BCUT2D eigenvalue weighted by Gasteiger charge is 2.22. The fraction of sp³-hybridized carbons (Fsp3) is 0.762. The first kappa shape index (κ1) is 29.4. The monoisotopic (exact) mass is 553 g/mol. The largest absolute Gasteiger partial charge is 0.444 e. The Hall–Kier alpha value is -1.56. The highest BCUT2D eigenvalue weighted by atomic mass is 127. The van der Waals surface area contributed by atoms with E-state index in [9.17, 15) is 9.59 Å². The quantitative estimate of drug-likeness (QED) is 0.150. The second kappa shape index (κ2) is 15.3. The number of alkyl carbamates (subject to hydrolysis) is 1. The van der Waals surface area contributed by atoms with Crippen molar-refractivity contribution in [1.82, 2.24) is 20.4 Å². The van der Waals surface area contributed by atoms with Gasteiger partial charge in [0.1, 0.15) is 12.1 Å². The number of piperidine rings is 1. The fourth-order valence-electron chi connectivity index (χ4n) is 2.78. The average molecular weight is 553 g/mol. The van der Waals surface area contributed by atoms with Gasteiger partial charge in [0, 0.05) is 46.9 Å². The van der Waals surface area contributed by atoms with E-state index in [1.54, 1.807) is 20.2 Å². The van der Waals surface area contributed by atoms with E-state index in [1.165, 1.54) is 4.90 Å². The summed E-state index contributed by atoms with van der Waals surface area (Å²) < 4.78 is 11.1. The highest BCUT2D eigenvalue weighted by Crippen LogP contribution is 2.14. The molecule has 9 nitrogen and oxygen atoms in total. The molecule has 2 N–H and O–H groups in total. The van der Waals surface area contributed by atoms with Gasteiger partial charge in [0.2, 0.25) is 5.91 Å². The second-order valence-corrected chi connectivity index (χ2v) is 8.44. The molecule has 1 aliphatic rings. The third-order valence-electron chi connectivity index (χ3n) is 4.35. The first-order valence-corrected chi connectivity index (χ1v) is 10.5. The van der Waals surface area contributed by atoms with E-state index in [0.717, 1.165) is 38.3 Å². The molecule has 0 saturated carbocycles. The van der Waals surface area contributed by atoms with Crippen LogP contribution in [0, 0.1) is 0 Å². The maximum absolute atomic E-state index is 11.8. The lowest BCUT2D eigenvalue weighted by Crippen LogP contribution is -2.47. The molecule has 0 radical (unpaired) electrons. The topological polar surface area (TPSA) is 95.5 Å². The van der Waals surface area contributed by atoms with Crippen molar-refractivity contribution in [1.29, 1.82) is 0 Å². The number of hydrogen-bond donors (Lipinski definition) is 2. The number of guanidine groups is 1. The smallest absolute Gasteiger partial charge is 0.407 e. The number of ether oxygens (including phenoxy) is 2. The van der Waals surface area contributed by atoms with Gasteiger partial charge in [-0.1, -0.05) is 6.08 Å². The Morgan fingerprint density at radius 3 is 2.42 bits per heavy atom. The number of amides is 2. The van der Waals surface area contributed by atoms with Gasteiger partial charge in [0.05, 0.1) is 6.10 Å². The molecular weight excluding hydrogens is 513 g/mol. The molecule has 0 aromatic carbocycles. The van der Waals surface area contributed by atoms with Gasteiger partial charge in [-0.15, -0.1) is 30.6 Å². The van der Waals surface area contributed by atoms with Crippen LogP contribution in [0.4, 0.5) is 4.79 Å². The second-order valence-electron chi connectivity index (χ2n) is 8.44. The first-order chi connectivity index (χ1) is 14.1. The number of likely N-dealkylation sites (N-methyl/N-ethyl adjacent to an activating group) is 1. The Morgan fingerprint density at radius 1 is 1.23 bits per heavy atom. The number of nitrogens with one attached hydrogen (secondary N) is 2. The molecule has 0 aliphatic carbocycles. The van der Waals surface area contributed by atoms with E-state index in [-0.39, 0.29) is 42.5 Å². The van der Waals surface area contributed by atoms with Crippen LogP contribution >= 0.6 is 24.0 Å². The predicted octanol–water partition coefficient (Wildman–Crippen LogP) is 2.22. The van der Waals surface area contributed by atoms with Crippen molar-refractivity contribution in [2.24, 2.45) is 4.99 Å². The molecular formula is C21H40IN5O4. The molecule has 180 valence electrons. The summed E-state index contributed by atoms with van der Waals surface area (Å²) >= 11 is 0. The molecule has 1 fully saturated rings. The van der Waals surface area contributed by atoms with Crippen molar-refractivity contribution in [3.63, 3.8) is 0 Å². The van der Waals surface area contributed by atoms with Gasteiger partial charge >= 0.3 is 6.09 Å². The van der Waals surface area contributed by atoms with E-state index < -0.39 is 11.7 Å². The molecule has 31 heavy (non-hydrogen) atoms. The van der Waals surface area contributed by atoms with Crippen molar-refractivity contribution < 1.29 is 19.1 Å². The van der Waals surface area contributed by atoms with Crippen molar-refractivity contribution in [2.75, 3.05) is 53.4 Å². The molecule has 0 unspecified atom stereocenters. The van der Waals surface area contributed by atoms with Crippen LogP contribution in [-0.2, 0) is 14.3 Å². The third-order valence-corrected chi connectivity index (χ3v) is 4.35. The maximum atomic E-state index is 11.8. The first-order valence-electron chi connectivity index (χ1n) is 10.5. The van der Waals surface area contributed by atoms with E-state index in [1.807, 2.05) is 20.8 Å². The standard InChI is InChI=1S/C21H39N5O4.HI/c1-7-11-22-19(24-16-18(27)25(5)6)26-13-9-17(10-14-26)29-15-8-12-23-20(28)30-21(2,3)4;/h7,17H,1,8-16H2,2-6H3,(H,22,24)(H,23,28);1H. The molecule has 1 heterocycles. The summed E-state index contributed by atoms with van der Waals surface area (Å²) in [5, 5.41) is 5.97. The van der Waals surface area contributed by atoms with Gasteiger partial charge in [-0.25, -0.2) is 9.79 Å². The summed E-state index contributed by atoms with van der Waals surface area (Å²) in [4.78, 5) is 31.6. The van der Waals surface area contributed by atoms with Crippen molar-refractivity contribution in [3.05, 3.63) is 12.7 Å². The SMILES string of the molecule is C=CCNC(=NCC(=O)N(C)C)N1CCC(OCCCNC(=O)OC(C)(C)C)CC1.I. The van der Waals surface area contributed by atoms with Gasteiger partial charge in [-0.2, -0.15) is 0 Å². The Bertz CT molecular complexity index is 585. The Labute approximate surface area is 204 Å². The molecule has 1 saturated heterocycles. The van der Waals surface area contributed by atoms with E-state index in [0.29, 0.717) is 19.7 Å². The van der Waals surface area contributed by atoms with Crippen molar-refractivity contribution in [3.8, 4) is 0 Å². The number of carbonyl (C=O) groups excluding carboxylic acids is 2. The summed E-state index contributed by atoms with van der Waals surface area (Å²) in [7, 11) is 3.45. The minimum absolute atomic E-state index is 0. The lowest BCUT2D eigenvalue weighted by atomic mass is 10.1. The molecule has 0 aromatic rings. The molecule has 0 aromatic heterocycles. The van der Waals surface area contributed by atoms with Crippen molar-refractivity contribution >= 4 is 41.9 Å². The Balaban J connectivity index is 0.00000900. The number of rotatable bonds is 9. The van der Waals surface area contributed by atoms with Crippen LogP contribution in [0.1, 0.15) is 40.0 Å². The average Bonchev–Trinajstić information content (AvgIpc) is 2.66.